The van der Waals surface area contributed by atoms with Gasteiger partial charge in [-0.05, 0) is 31.5 Å². The van der Waals surface area contributed by atoms with E-state index in [4.69, 9.17) is 4.74 Å². The van der Waals surface area contributed by atoms with E-state index in [0.29, 0.717) is 17.6 Å². The first-order valence-corrected chi connectivity index (χ1v) is 9.82. The van der Waals surface area contributed by atoms with Crippen molar-refractivity contribution in [1.82, 2.24) is 19.6 Å². The van der Waals surface area contributed by atoms with E-state index < -0.39 is 5.97 Å². The van der Waals surface area contributed by atoms with E-state index >= 15 is 0 Å². The fraction of sp³-hybridized carbons (Fsp3) is 0.316. The Morgan fingerprint density at radius 2 is 2.11 bits per heavy atom. The van der Waals surface area contributed by atoms with Gasteiger partial charge in [0.1, 0.15) is 0 Å². The summed E-state index contributed by atoms with van der Waals surface area (Å²) in [6, 6.07) is 9.54. The van der Waals surface area contributed by atoms with E-state index in [0.717, 1.165) is 22.7 Å². The second kappa shape index (κ2) is 7.59. The van der Waals surface area contributed by atoms with Gasteiger partial charge in [0, 0.05) is 28.6 Å². The first-order chi connectivity index (χ1) is 13.5. The Morgan fingerprint density at radius 1 is 1.29 bits per heavy atom. The fourth-order valence-corrected chi connectivity index (χ4v) is 4.12. The molecule has 1 aliphatic heterocycles. The lowest BCUT2D eigenvalue weighted by molar-refractivity contribution is -0.121. The number of aromatic nitrogens is 4. The third kappa shape index (κ3) is 3.57. The molecule has 1 amide bonds. The van der Waals surface area contributed by atoms with Crippen LogP contribution in [0, 0.1) is 6.92 Å². The molecule has 0 spiro atoms. The van der Waals surface area contributed by atoms with Gasteiger partial charge in [0.15, 0.2) is 6.61 Å². The highest BCUT2D eigenvalue weighted by atomic mass is 32.2. The number of thioether (sulfide) groups is 1. The molecule has 9 heteroatoms. The summed E-state index contributed by atoms with van der Waals surface area (Å²) in [5, 5.41) is 4.51. The van der Waals surface area contributed by atoms with E-state index in [9.17, 15) is 9.59 Å². The lowest BCUT2D eigenvalue weighted by Crippen LogP contribution is -2.35. The number of hydrogen-bond donors (Lipinski definition) is 0. The number of benzene rings is 1. The average molecular weight is 397 g/mol. The standard InChI is InChI=1S/C19H19N5O3S/c1-12-7-9-20-19-21-17(22-24(12)19)18(26)27-11-16(25)23-10-8-13(2)28-15-6-4-3-5-14(15)23/h3-7,9,13H,8,10-11H2,1-2H3/t13-/m0/s1. The minimum atomic E-state index is -0.746. The van der Waals surface area contributed by atoms with Gasteiger partial charge in [0.2, 0.25) is 0 Å². The first kappa shape index (κ1) is 18.4. The van der Waals surface area contributed by atoms with Crippen LogP contribution in [0.4, 0.5) is 5.69 Å². The lowest BCUT2D eigenvalue weighted by Gasteiger charge is -2.22. The predicted molar refractivity (Wildman–Crippen MR) is 105 cm³/mol. The van der Waals surface area contributed by atoms with Crippen LogP contribution < -0.4 is 4.90 Å². The molecule has 1 atom stereocenters. The summed E-state index contributed by atoms with van der Waals surface area (Å²) in [7, 11) is 0. The smallest absolute Gasteiger partial charge is 0.378 e. The first-order valence-electron chi connectivity index (χ1n) is 8.94. The van der Waals surface area contributed by atoms with Gasteiger partial charge in [0.25, 0.3) is 17.5 Å². The zero-order valence-electron chi connectivity index (χ0n) is 15.5. The molecule has 0 radical (unpaired) electrons. The van der Waals surface area contributed by atoms with Gasteiger partial charge >= 0.3 is 5.97 Å². The molecular weight excluding hydrogens is 378 g/mol. The van der Waals surface area contributed by atoms with Gasteiger partial charge in [-0.1, -0.05) is 19.1 Å². The van der Waals surface area contributed by atoms with Gasteiger partial charge in [-0.2, -0.15) is 4.98 Å². The summed E-state index contributed by atoms with van der Waals surface area (Å²) in [6.45, 7) is 4.18. The number of carbonyl (C=O) groups excluding carboxylic acids is 2. The monoisotopic (exact) mass is 397 g/mol. The van der Waals surface area contributed by atoms with Gasteiger partial charge in [-0.15, -0.1) is 16.9 Å². The maximum Gasteiger partial charge on any atom is 0.378 e. The molecule has 3 heterocycles. The number of rotatable bonds is 3. The van der Waals surface area contributed by atoms with Gasteiger partial charge < -0.3 is 9.64 Å². The van der Waals surface area contributed by atoms with E-state index in [1.54, 1.807) is 28.9 Å². The number of para-hydroxylation sites is 1. The molecule has 4 rings (SSSR count). The van der Waals surface area contributed by atoms with E-state index in [-0.39, 0.29) is 18.3 Å². The van der Waals surface area contributed by atoms with Gasteiger partial charge in [-0.3, -0.25) is 4.79 Å². The maximum atomic E-state index is 12.8. The zero-order valence-corrected chi connectivity index (χ0v) is 16.3. The van der Waals surface area contributed by atoms with Crippen LogP contribution in [0.5, 0.6) is 0 Å². The Morgan fingerprint density at radius 3 is 2.93 bits per heavy atom. The molecule has 28 heavy (non-hydrogen) atoms. The van der Waals surface area contributed by atoms with Crippen molar-refractivity contribution in [3.63, 3.8) is 0 Å². The van der Waals surface area contributed by atoms with Crippen LogP contribution in [0.25, 0.3) is 5.78 Å². The molecule has 0 fully saturated rings. The highest BCUT2D eigenvalue weighted by Gasteiger charge is 2.25. The van der Waals surface area contributed by atoms with Crippen molar-refractivity contribution in [1.29, 1.82) is 0 Å². The molecule has 1 aromatic carbocycles. The third-order valence-corrected chi connectivity index (χ3v) is 5.72. The predicted octanol–water partition coefficient (Wildman–Crippen LogP) is 2.51. The largest absolute Gasteiger partial charge is 0.450 e. The zero-order chi connectivity index (χ0) is 19.7. The Hall–Kier alpha value is -2.94. The lowest BCUT2D eigenvalue weighted by atomic mass is 10.2. The number of aryl methyl sites for hydroxylation is 1. The molecule has 0 N–H and O–H groups in total. The van der Waals surface area contributed by atoms with Crippen molar-refractivity contribution >= 4 is 35.1 Å². The quantitative estimate of drug-likeness (QED) is 0.627. The van der Waals surface area contributed by atoms with Crippen LogP contribution in [0.1, 0.15) is 29.7 Å². The summed E-state index contributed by atoms with van der Waals surface area (Å²) in [6.07, 6.45) is 2.45. The minimum absolute atomic E-state index is 0.116. The molecule has 0 bridgehead atoms. The second-order valence-corrected chi connectivity index (χ2v) is 8.02. The number of carbonyl (C=O) groups is 2. The van der Waals surface area contributed by atoms with Crippen LogP contribution in [0.2, 0.25) is 0 Å². The Labute approximate surface area is 165 Å². The molecule has 0 saturated carbocycles. The fourth-order valence-electron chi connectivity index (χ4n) is 3.01. The van der Waals surface area contributed by atoms with Gasteiger partial charge in [0.05, 0.1) is 5.69 Å². The number of nitrogens with zero attached hydrogens (tertiary/aromatic N) is 5. The number of ether oxygens (including phenoxy) is 1. The summed E-state index contributed by atoms with van der Waals surface area (Å²) in [5.41, 5.74) is 1.64. The van der Waals surface area contributed by atoms with Crippen molar-refractivity contribution in [3.8, 4) is 0 Å². The molecule has 8 nitrogen and oxygen atoms in total. The van der Waals surface area contributed by atoms with Crippen LogP contribution in [-0.2, 0) is 9.53 Å². The second-order valence-electron chi connectivity index (χ2n) is 6.54. The van der Waals surface area contributed by atoms with Crippen LogP contribution in [0.15, 0.2) is 41.4 Å². The van der Waals surface area contributed by atoms with Crippen LogP contribution in [-0.4, -0.2) is 49.9 Å². The third-order valence-electron chi connectivity index (χ3n) is 4.48. The van der Waals surface area contributed by atoms with Crippen molar-refractivity contribution < 1.29 is 14.3 Å². The van der Waals surface area contributed by atoms with E-state index in [1.807, 2.05) is 31.2 Å². The van der Waals surface area contributed by atoms with E-state index in [2.05, 4.69) is 22.0 Å². The molecule has 3 aromatic rings. The minimum Gasteiger partial charge on any atom is -0.450 e. The Bertz CT molecular complexity index is 1050. The summed E-state index contributed by atoms with van der Waals surface area (Å²) < 4.78 is 6.65. The number of amides is 1. The number of hydrogen-bond acceptors (Lipinski definition) is 7. The van der Waals surface area contributed by atoms with Crippen molar-refractivity contribution in [3.05, 3.63) is 48.0 Å². The van der Waals surface area contributed by atoms with Crippen LogP contribution in [0.3, 0.4) is 0 Å². The molecule has 2 aromatic heterocycles. The van der Waals surface area contributed by atoms with Crippen LogP contribution >= 0.6 is 11.8 Å². The number of esters is 1. The molecular formula is C19H19N5O3S. The highest BCUT2D eigenvalue weighted by molar-refractivity contribution is 8.00. The molecule has 0 saturated heterocycles. The van der Waals surface area contributed by atoms with Crippen molar-refractivity contribution in [2.24, 2.45) is 0 Å². The SMILES string of the molecule is Cc1ccnc2nc(C(=O)OCC(=O)N3CC[C@H](C)Sc4ccccc43)nn12. The number of anilines is 1. The van der Waals surface area contributed by atoms with Gasteiger partial charge in [-0.25, -0.2) is 14.3 Å². The highest BCUT2D eigenvalue weighted by Crippen LogP contribution is 2.37. The molecule has 0 unspecified atom stereocenters. The summed E-state index contributed by atoms with van der Waals surface area (Å²) in [4.78, 5) is 35.9. The summed E-state index contributed by atoms with van der Waals surface area (Å²) in [5.74, 6) is -0.821. The topological polar surface area (TPSA) is 89.7 Å². The molecule has 1 aliphatic rings. The van der Waals surface area contributed by atoms with E-state index in [1.165, 1.54) is 4.52 Å². The molecule has 144 valence electrons. The number of fused-ring (bicyclic) bond motifs is 2. The van der Waals surface area contributed by atoms with Crippen molar-refractivity contribution in [2.45, 2.75) is 30.4 Å². The normalized spacial score (nSPS) is 16.5. The molecule has 0 aliphatic carbocycles. The average Bonchev–Trinajstić information content (AvgIpc) is 3.05. The maximum absolute atomic E-state index is 12.8. The summed E-state index contributed by atoms with van der Waals surface area (Å²) >= 11 is 1.75. The Kier molecular flexibility index (Phi) is 4.99. The van der Waals surface area contributed by atoms with Crippen molar-refractivity contribution in [2.75, 3.05) is 18.1 Å². The Balaban J connectivity index is 1.48.